The number of halogens is 3. The van der Waals surface area contributed by atoms with Crippen molar-refractivity contribution in [2.24, 2.45) is 7.05 Å². The van der Waals surface area contributed by atoms with E-state index in [4.69, 9.17) is 0 Å². The van der Waals surface area contributed by atoms with Crippen LogP contribution < -0.4 is 5.32 Å². The summed E-state index contributed by atoms with van der Waals surface area (Å²) < 4.78 is 40.4. The van der Waals surface area contributed by atoms with Crippen LogP contribution in [0.1, 0.15) is 5.82 Å². The molecule has 3 nitrogen and oxygen atoms in total. The van der Waals surface area contributed by atoms with Gasteiger partial charge in [0.2, 0.25) is 0 Å². The normalized spacial score (nSPS) is 10.7. The lowest BCUT2D eigenvalue weighted by Crippen LogP contribution is -2.09. The summed E-state index contributed by atoms with van der Waals surface area (Å²) in [5.74, 6) is -3.00. The minimum Gasteiger partial charge on any atom is -0.384 e. The molecule has 0 aliphatic rings. The number of anilines is 1. The zero-order valence-corrected chi connectivity index (χ0v) is 9.75. The highest BCUT2D eigenvalue weighted by Crippen LogP contribution is 2.17. The molecule has 0 spiro atoms. The van der Waals surface area contributed by atoms with Crippen molar-refractivity contribution in [1.29, 1.82) is 0 Å². The Hall–Kier alpha value is -1.98. The molecule has 18 heavy (non-hydrogen) atoms. The summed E-state index contributed by atoms with van der Waals surface area (Å²) >= 11 is 0. The second-order valence-electron chi connectivity index (χ2n) is 3.89. The van der Waals surface area contributed by atoms with Crippen LogP contribution in [-0.2, 0) is 13.5 Å². The van der Waals surface area contributed by atoms with Crippen molar-refractivity contribution in [2.45, 2.75) is 6.42 Å². The lowest BCUT2D eigenvalue weighted by molar-refractivity contribution is 0.447. The number of nitrogens with one attached hydrogen (secondary N) is 1. The molecule has 0 saturated carbocycles. The zero-order chi connectivity index (χ0) is 13.1. The summed E-state index contributed by atoms with van der Waals surface area (Å²) in [6.07, 6.45) is 4.09. The van der Waals surface area contributed by atoms with Crippen LogP contribution in [0.25, 0.3) is 0 Å². The van der Waals surface area contributed by atoms with Gasteiger partial charge in [0.25, 0.3) is 0 Å². The van der Waals surface area contributed by atoms with E-state index in [1.54, 1.807) is 6.20 Å². The van der Waals surface area contributed by atoms with E-state index < -0.39 is 17.5 Å². The average Bonchev–Trinajstić information content (AvgIpc) is 2.72. The highest BCUT2D eigenvalue weighted by molar-refractivity contribution is 5.44. The van der Waals surface area contributed by atoms with Crippen LogP contribution in [-0.4, -0.2) is 16.1 Å². The van der Waals surface area contributed by atoms with Gasteiger partial charge in [0.05, 0.1) is 0 Å². The molecule has 2 rings (SSSR count). The first-order valence-corrected chi connectivity index (χ1v) is 5.42. The first-order valence-electron chi connectivity index (χ1n) is 5.42. The van der Waals surface area contributed by atoms with Gasteiger partial charge in [-0.2, -0.15) is 0 Å². The summed E-state index contributed by atoms with van der Waals surface area (Å²) in [5, 5.41) is 2.82. The molecule has 6 heteroatoms. The van der Waals surface area contributed by atoms with Gasteiger partial charge in [-0.25, -0.2) is 18.2 Å². The maximum absolute atomic E-state index is 12.9. The van der Waals surface area contributed by atoms with Gasteiger partial charge < -0.3 is 9.88 Å². The van der Waals surface area contributed by atoms with E-state index in [1.165, 1.54) is 0 Å². The van der Waals surface area contributed by atoms with Crippen molar-refractivity contribution in [3.8, 4) is 0 Å². The Kier molecular flexibility index (Phi) is 3.55. The fraction of sp³-hybridized carbons (Fsp3) is 0.250. The maximum atomic E-state index is 12.9. The van der Waals surface area contributed by atoms with Gasteiger partial charge in [-0.15, -0.1) is 0 Å². The van der Waals surface area contributed by atoms with E-state index in [2.05, 4.69) is 10.3 Å². The SMILES string of the molecule is Cn1ccnc1CCNc1cc(F)c(F)c(F)c1. The Morgan fingerprint density at radius 1 is 1.22 bits per heavy atom. The molecule has 1 heterocycles. The molecule has 0 saturated heterocycles. The first-order chi connectivity index (χ1) is 8.58. The fourth-order valence-corrected chi connectivity index (χ4v) is 1.61. The number of hydrogen-bond donors (Lipinski definition) is 1. The van der Waals surface area contributed by atoms with Gasteiger partial charge in [0.1, 0.15) is 5.82 Å². The number of nitrogens with zero attached hydrogens (tertiary/aromatic N) is 2. The van der Waals surface area contributed by atoms with Gasteiger partial charge in [0, 0.05) is 50.2 Å². The molecule has 0 amide bonds. The third-order valence-corrected chi connectivity index (χ3v) is 2.58. The van der Waals surface area contributed by atoms with Crippen molar-refractivity contribution >= 4 is 5.69 Å². The number of hydrogen-bond acceptors (Lipinski definition) is 2. The average molecular weight is 255 g/mol. The molecule has 0 aliphatic heterocycles. The molecule has 0 unspecified atom stereocenters. The highest BCUT2D eigenvalue weighted by Gasteiger charge is 2.10. The third kappa shape index (κ3) is 2.64. The quantitative estimate of drug-likeness (QED) is 0.851. The lowest BCUT2D eigenvalue weighted by atomic mass is 10.2. The van der Waals surface area contributed by atoms with Gasteiger partial charge in [-0.3, -0.25) is 0 Å². The molecular weight excluding hydrogens is 243 g/mol. The fourth-order valence-electron chi connectivity index (χ4n) is 1.61. The van der Waals surface area contributed by atoms with E-state index in [1.807, 2.05) is 17.8 Å². The largest absolute Gasteiger partial charge is 0.384 e. The summed E-state index contributed by atoms with van der Waals surface area (Å²) in [6.45, 7) is 0.454. The van der Waals surface area contributed by atoms with E-state index in [9.17, 15) is 13.2 Å². The van der Waals surface area contributed by atoms with Crippen molar-refractivity contribution < 1.29 is 13.2 Å². The molecule has 0 fully saturated rings. The topological polar surface area (TPSA) is 29.9 Å². The summed E-state index contributed by atoms with van der Waals surface area (Å²) in [4.78, 5) is 4.11. The Morgan fingerprint density at radius 2 is 1.89 bits per heavy atom. The standard InChI is InChI=1S/C12H12F3N3/c1-18-5-4-17-11(18)2-3-16-8-6-9(13)12(15)10(14)7-8/h4-7,16H,2-3H2,1H3. The second kappa shape index (κ2) is 5.12. The van der Waals surface area contributed by atoms with E-state index >= 15 is 0 Å². The van der Waals surface area contributed by atoms with Crippen LogP contribution >= 0.6 is 0 Å². The summed E-state index contributed by atoms with van der Waals surface area (Å²) in [5.41, 5.74) is 0.209. The van der Waals surface area contributed by atoms with Crippen LogP contribution in [0, 0.1) is 17.5 Å². The molecule has 0 aliphatic carbocycles. The number of rotatable bonds is 4. The number of aromatic nitrogens is 2. The van der Waals surface area contributed by atoms with Crippen LogP contribution in [0.5, 0.6) is 0 Å². The van der Waals surface area contributed by atoms with Crippen LogP contribution in [0.2, 0.25) is 0 Å². The Labute approximate surface area is 102 Å². The molecule has 96 valence electrons. The van der Waals surface area contributed by atoms with Gasteiger partial charge in [-0.1, -0.05) is 0 Å². The third-order valence-electron chi connectivity index (χ3n) is 2.58. The predicted octanol–water partition coefficient (Wildman–Crippen LogP) is 2.49. The van der Waals surface area contributed by atoms with E-state index in [0.29, 0.717) is 13.0 Å². The molecule has 1 N–H and O–H groups in total. The van der Waals surface area contributed by atoms with Crippen LogP contribution in [0.4, 0.5) is 18.9 Å². The Balaban J connectivity index is 1.97. The number of benzene rings is 1. The molecule has 1 aromatic carbocycles. The first kappa shape index (κ1) is 12.5. The van der Waals surface area contributed by atoms with Gasteiger partial charge in [0.15, 0.2) is 17.5 Å². The molecule has 2 aromatic rings. The van der Waals surface area contributed by atoms with Crippen molar-refractivity contribution in [3.63, 3.8) is 0 Å². The predicted molar refractivity (Wildman–Crippen MR) is 61.7 cm³/mol. The van der Waals surface area contributed by atoms with Crippen molar-refractivity contribution in [2.75, 3.05) is 11.9 Å². The Morgan fingerprint density at radius 3 is 2.44 bits per heavy atom. The van der Waals surface area contributed by atoms with Crippen LogP contribution in [0.3, 0.4) is 0 Å². The summed E-state index contributed by atoms with van der Waals surface area (Å²) in [6, 6.07) is 1.85. The lowest BCUT2D eigenvalue weighted by Gasteiger charge is -2.07. The molecule has 0 atom stereocenters. The van der Waals surface area contributed by atoms with Gasteiger partial charge in [-0.05, 0) is 0 Å². The number of aryl methyl sites for hydroxylation is 1. The Bertz CT molecular complexity index is 528. The van der Waals surface area contributed by atoms with Crippen LogP contribution in [0.15, 0.2) is 24.5 Å². The zero-order valence-electron chi connectivity index (χ0n) is 9.75. The maximum Gasteiger partial charge on any atom is 0.194 e. The van der Waals surface area contributed by atoms with E-state index in [-0.39, 0.29) is 5.69 Å². The van der Waals surface area contributed by atoms with Crippen molar-refractivity contribution in [1.82, 2.24) is 9.55 Å². The molecular formula is C12H12F3N3. The monoisotopic (exact) mass is 255 g/mol. The number of imidazole rings is 1. The minimum atomic E-state index is -1.45. The van der Waals surface area contributed by atoms with Gasteiger partial charge >= 0.3 is 0 Å². The smallest absolute Gasteiger partial charge is 0.194 e. The van der Waals surface area contributed by atoms with Crippen molar-refractivity contribution in [3.05, 3.63) is 47.8 Å². The van der Waals surface area contributed by atoms with E-state index in [0.717, 1.165) is 18.0 Å². The molecule has 0 bridgehead atoms. The second-order valence-corrected chi connectivity index (χ2v) is 3.89. The minimum absolute atomic E-state index is 0.209. The molecule has 1 aromatic heterocycles. The summed E-state index contributed by atoms with van der Waals surface area (Å²) in [7, 11) is 1.86. The molecule has 0 radical (unpaired) electrons. The highest BCUT2D eigenvalue weighted by atomic mass is 19.2.